The minimum absolute atomic E-state index is 0.711. The molecule has 1 aliphatic carbocycles. The first-order chi connectivity index (χ1) is 8.72. The van der Waals surface area contributed by atoms with Crippen molar-refractivity contribution in [1.82, 2.24) is 0 Å². The van der Waals surface area contributed by atoms with Crippen LogP contribution in [0.3, 0.4) is 0 Å². The van der Waals surface area contributed by atoms with E-state index >= 15 is 0 Å². The normalized spacial score (nSPS) is 16.0. The summed E-state index contributed by atoms with van der Waals surface area (Å²) in [5.74, 6) is 1.43. The van der Waals surface area contributed by atoms with Gasteiger partial charge in [0.1, 0.15) is 0 Å². The maximum Gasteiger partial charge on any atom is -0.00773 e. The van der Waals surface area contributed by atoms with Gasteiger partial charge in [-0.15, -0.1) is 0 Å². The number of unbranched alkanes of at least 4 members (excludes halogenated alkanes) is 1. The maximum atomic E-state index is 5.60. The minimum Gasteiger partial charge on any atom is -0.330 e. The van der Waals surface area contributed by atoms with Crippen molar-refractivity contribution in [3.63, 3.8) is 0 Å². The van der Waals surface area contributed by atoms with E-state index in [4.69, 9.17) is 5.73 Å². The molecule has 0 saturated carbocycles. The van der Waals surface area contributed by atoms with Crippen LogP contribution in [0.25, 0.3) is 0 Å². The first-order valence-corrected chi connectivity index (χ1v) is 7.54. The van der Waals surface area contributed by atoms with Gasteiger partial charge in [-0.1, -0.05) is 38.5 Å². The molecule has 0 amide bonds. The van der Waals surface area contributed by atoms with Gasteiger partial charge in [0.05, 0.1) is 0 Å². The average molecular weight is 245 g/mol. The van der Waals surface area contributed by atoms with E-state index in [1.54, 1.807) is 16.7 Å². The van der Waals surface area contributed by atoms with E-state index in [1.807, 2.05) is 0 Å². The van der Waals surface area contributed by atoms with E-state index in [2.05, 4.69) is 32.0 Å². The number of aryl methyl sites for hydroxylation is 2. The number of hydrogen-bond donors (Lipinski definition) is 1. The molecule has 1 unspecified atom stereocenters. The number of nitrogens with two attached hydrogens (primary N) is 1. The van der Waals surface area contributed by atoms with E-state index in [-0.39, 0.29) is 0 Å². The Morgan fingerprint density at radius 3 is 2.61 bits per heavy atom. The Bertz CT molecular complexity index is 381. The van der Waals surface area contributed by atoms with E-state index < -0.39 is 0 Å². The van der Waals surface area contributed by atoms with Crippen molar-refractivity contribution in [3.8, 4) is 0 Å². The van der Waals surface area contributed by atoms with Gasteiger partial charge in [-0.3, -0.25) is 0 Å². The number of rotatable bonds is 6. The molecule has 0 radical (unpaired) electrons. The lowest BCUT2D eigenvalue weighted by Crippen LogP contribution is -2.09. The average Bonchev–Trinajstić information content (AvgIpc) is 2.81. The molecule has 1 aromatic carbocycles. The fourth-order valence-corrected chi connectivity index (χ4v) is 3.22. The van der Waals surface area contributed by atoms with Crippen molar-refractivity contribution in [2.24, 2.45) is 11.7 Å². The predicted molar refractivity (Wildman–Crippen MR) is 79.0 cm³/mol. The summed E-state index contributed by atoms with van der Waals surface area (Å²) in [5, 5.41) is 0. The molecule has 1 atom stereocenters. The molecule has 1 nitrogen and oxygen atoms in total. The van der Waals surface area contributed by atoms with Gasteiger partial charge in [-0.05, 0) is 67.2 Å². The van der Waals surface area contributed by atoms with Crippen molar-refractivity contribution in [2.45, 2.75) is 58.3 Å². The third-order valence-electron chi connectivity index (χ3n) is 4.32. The molecule has 100 valence electrons. The summed E-state index contributed by atoms with van der Waals surface area (Å²) in [7, 11) is 0. The van der Waals surface area contributed by atoms with Crippen LogP contribution in [0.1, 0.15) is 62.1 Å². The van der Waals surface area contributed by atoms with Crippen molar-refractivity contribution in [3.05, 3.63) is 34.9 Å². The molecule has 1 heteroatoms. The molecular formula is C17H27N. The van der Waals surface area contributed by atoms with Gasteiger partial charge >= 0.3 is 0 Å². The van der Waals surface area contributed by atoms with Crippen LogP contribution >= 0.6 is 0 Å². The fraction of sp³-hybridized carbons (Fsp3) is 0.647. The first kappa shape index (κ1) is 13.6. The van der Waals surface area contributed by atoms with Crippen LogP contribution in [0.2, 0.25) is 0 Å². The lowest BCUT2D eigenvalue weighted by atomic mass is 9.83. The standard InChI is InChI=1S/C17H27N/c1-13(2)17(8-3-4-11-18)16-10-9-14-6-5-7-15(14)12-16/h9-10,12-13,17H,3-8,11,18H2,1-2H3. The minimum atomic E-state index is 0.711. The first-order valence-electron chi connectivity index (χ1n) is 7.54. The Morgan fingerprint density at radius 1 is 1.11 bits per heavy atom. The van der Waals surface area contributed by atoms with Crippen molar-refractivity contribution in [2.75, 3.05) is 6.54 Å². The molecule has 1 aromatic rings. The van der Waals surface area contributed by atoms with E-state index in [0.29, 0.717) is 5.92 Å². The summed E-state index contributed by atoms with van der Waals surface area (Å²) in [6, 6.07) is 7.22. The van der Waals surface area contributed by atoms with Crippen molar-refractivity contribution in [1.29, 1.82) is 0 Å². The van der Waals surface area contributed by atoms with Gasteiger partial charge < -0.3 is 5.73 Å². The van der Waals surface area contributed by atoms with Gasteiger partial charge in [-0.25, -0.2) is 0 Å². The molecular weight excluding hydrogens is 218 g/mol. The van der Waals surface area contributed by atoms with Crippen molar-refractivity contribution < 1.29 is 0 Å². The van der Waals surface area contributed by atoms with Crippen LogP contribution < -0.4 is 5.73 Å². The van der Waals surface area contributed by atoms with Crippen LogP contribution in [0, 0.1) is 5.92 Å². The number of hydrogen-bond acceptors (Lipinski definition) is 1. The second-order valence-corrected chi connectivity index (χ2v) is 6.02. The van der Waals surface area contributed by atoms with Crippen LogP contribution in [0.5, 0.6) is 0 Å². The third kappa shape index (κ3) is 3.14. The zero-order chi connectivity index (χ0) is 13.0. The lowest BCUT2D eigenvalue weighted by molar-refractivity contribution is 0.450. The second-order valence-electron chi connectivity index (χ2n) is 6.02. The molecule has 0 aromatic heterocycles. The summed E-state index contributed by atoms with van der Waals surface area (Å²) in [6.07, 6.45) is 7.63. The molecule has 2 rings (SSSR count). The van der Waals surface area contributed by atoms with Gasteiger partial charge in [0.15, 0.2) is 0 Å². The smallest absolute Gasteiger partial charge is 0.00773 e. The SMILES string of the molecule is CC(C)C(CCCCN)c1ccc2c(c1)CCC2. The van der Waals surface area contributed by atoms with Crippen LogP contribution in [-0.2, 0) is 12.8 Å². The lowest BCUT2D eigenvalue weighted by Gasteiger charge is -2.22. The zero-order valence-corrected chi connectivity index (χ0v) is 11.9. The number of fused-ring (bicyclic) bond motifs is 1. The predicted octanol–water partition coefficient (Wildman–Crippen LogP) is 4.04. The van der Waals surface area contributed by atoms with Crippen molar-refractivity contribution >= 4 is 0 Å². The fourth-order valence-electron chi connectivity index (χ4n) is 3.22. The second kappa shape index (κ2) is 6.38. The third-order valence-corrected chi connectivity index (χ3v) is 4.32. The molecule has 18 heavy (non-hydrogen) atoms. The quantitative estimate of drug-likeness (QED) is 0.752. The molecule has 0 aliphatic heterocycles. The van der Waals surface area contributed by atoms with E-state index in [1.165, 1.54) is 32.1 Å². The molecule has 1 aliphatic rings. The Kier molecular flexibility index (Phi) is 4.82. The summed E-state index contributed by atoms with van der Waals surface area (Å²) in [4.78, 5) is 0. The highest BCUT2D eigenvalue weighted by atomic mass is 14.5. The van der Waals surface area contributed by atoms with Crippen LogP contribution in [0.15, 0.2) is 18.2 Å². The molecule has 0 fully saturated rings. The molecule has 0 bridgehead atoms. The Morgan fingerprint density at radius 2 is 1.89 bits per heavy atom. The van der Waals surface area contributed by atoms with Gasteiger partial charge in [-0.2, -0.15) is 0 Å². The topological polar surface area (TPSA) is 26.0 Å². The Labute approximate surface area is 112 Å². The summed E-state index contributed by atoms with van der Waals surface area (Å²) < 4.78 is 0. The molecule has 0 saturated heterocycles. The largest absolute Gasteiger partial charge is 0.330 e. The molecule has 0 heterocycles. The maximum absolute atomic E-state index is 5.60. The summed E-state index contributed by atoms with van der Waals surface area (Å²) >= 11 is 0. The van der Waals surface area contributed by atoms with Crippen LogP contribution in [-0.4, -0.2) is 6.54 Å². The monoisotopic (exact) mass is 245 g/mol. The van der Waals surface area contributed by atoms with Gasteiger partial charge in [0, 0.05) is 0 Å². The molecule has 0 spiro atoms. The highest BCUT2D eigenvalue weighted by molar-refractivity contribution is 5.36. The Balaban J connectivity index is 2.10. The van der Waals surface area contributed by atoms with Gasteiger partial charge in [0.25, 0.3) is 0 Å². The summed E-state index contributed by atoms with van der Waals surface area (Å²) in [6.45, 7) is 5.52. The zero-order valence-electron chi connectivity index (χ0n) is 11.9. The highest BCUT2D eigenvalue weighted by Gasteiger charge is 2.18. The summed E-state index contributed by atoms with van der Waals surface area (Å²) in [5.41, 5.74) is 10.4. The van der Waals surface area contributed by atoms with Crippen LogP contribution in [0.4, 0.5) is 0 Å². The van der Waals surface area contributed by atoms with E-state index in [9.17, 15) is 0 Å². The molecule has 2 N–H and O–H groups in total. The van der Waals surface area contributed by atoms with E-state index in [0.717, 1.165) is 18.9 Å². The number of benzene rings is 1. The Hall–Kier alpha value is -0.820. The van der Waals surface area contributed by atoms with Gasteiger partial charge in [0.2, 0.25) is 0 Å². The highest BCUT2D eigenvalue weighted by Crippen LogP contribution is 2.33.